The van der Waals surface area contributed by atoms with Crippen molar-refractivity contribution in [2.24, 2.45) is 7.05 Å². The number of aromatic nitrogens is 2. The lowest BCUT2D eigenvalue weighted by Crippen LogP contribution is -2.35. The van der Waals surface area contributed by atoms with Crippen LogP contribution < -0.4 is 15.4 Å². The number of benzene rings is 1. The molecule has 0 radical (unpaired) electrons. The Morgan fingerprint density at radius 2 is 2.00 bits per heavy atom. The molecule has 8 nitrogen and oxygen atoms in total. The third-order valence-electron chi connectivity index (χ3n) is 5.52. The van der Waals surface area contributed by atoms with Gasteiger partial charge in [-0.25, -0.2) is 0 Å². The molecule has 1 aliphatic carbocycles. The normalized spacial score (nSPS) is 13.2. The third-order valence-corrected chi connectivity index (χ3v) is 5.52. The Bertz CT molecular complexity index is 1110. The van der Waals surface area contributed by atoms with Crippen molar-refractivity contribution < 1.29 is 18.7 Å². The maximum atomic E-state index is 12.1. The van der Waals surface area contributed by atoms with Crippen LogP contribution in [-0.4, -0.2) is 34.7 Å². The molecule has 30 heavy (non-hydrogen) atoms. The van der Waals surface area contributed by atoms with E-state index in [0.29, 0.717) is 11.4 Å². The largest absolute Gasteiger partial charge is 0.484 e. The Morgan fingerprint density at radius 3 is 2.77 bits per heavy atom. The second kappa shape index (κ2) is 8.22. The van der Waals surface area contributed by atoms with Gasteiger partial charge in [0.15, 0.2) is 6.61 Å². The fourth-order valence-corrected chi connectivity index (χ4v) is 3.85. The number of carbonyl (C=O) groups excluding carboxylic acids is 2. The zero-order chi connectivity index (χ0) is 21.3. The number of carbonyl (C=O) groups is 2. The molecule has 0 saturated heterocycles. The predicted molar refractivity (Wildman–Crippen MR) is 113 cm³/mol. The lowest BCUT2D eigenvalue weighted by atomic mass is 9.96. The molecule has 0 unspecified atom stereocenters. The van der Waals surface area contributed by atoms with Crippen LogP contribution in [0.2, 0.25) is 0 Å². The summed E-state index contributed by atoms with van der Waals surface area (Å²) in [5.41, 5.74) is 4.37. The number of nitrogens with one attached hydrogen (secondary N) is 2. The van der Waals surface area contributed by atoms with E-state index in [1.54, 1.807) is 10.7 Å². The number of fused-ring (bicyclic) bond motifs is 3. The lowest BCUT2D eigenvalue weighted by Gasteiger charge is -2.10. The van der Waals surface area contributed by atoms with Crippen LogP contribution in [0.1, 0.15) is 35.6 Å². The monoisotopic (exact) mass is 410 g/mol. The van der Waals surface area contributed by atoms with Crippen LogP contribution in [0.25, 0.3) is 11.0 Å². The summed E-state index contributed by atoms with van der Waals surface area (Å²) < 4.78 is 13.2. The van der Waals surface area contributed by atoms with Gasteiger partial charge in [0.1, 0.15) is 17.1 Å². The van der Waals surface area contributed by atoms with Gasteiger partial charge >= 0.3 is 0 Å². The molecule has 3 aromatic rings. The first-order valence-electron chi connectivity index (χ1n) is 10.2. The van der Waals surface area contributed by atoms with Gasteiger partial charge in [-0.15, -0.1) is 0 Å². The summed E-state index contributed by atoms with van der Waals surface area (Å²) in [5.74, 6) is 1.00. The summed E-state index contributed by atoms with van der Waals surface area (Å²) in [6.07, 6.45) is 4.30. The molecule has 0 spiro atoms. The summed E-state index contributed by atoms with van der Waals surface area (Å²) in [7, 11) is 1.81. The summed E-state index contributed by atoms with van der Waals surface area (Å²) in [6.45, 7) is 3.40. The molecule has 1 aromatic carbocycles. The first kappa shape index (κ1) is 20.0. The lowest BCUT2D eigenvalue weighted by molar-refractivity contribution is -0.125. The summed E-state index contributed by atoms with van der Waals surface area (Å²) in [6, 6.07) is 5.61. The molecule has 8 heteroatoms. The van der Waals surface area contributed by atoms with E-state index in [4.69, 9.17) is 9.15 Å². The van der Waals surface area contributed by atoms with Gasteiger partial charge in [-0.2, -0.15) is 5.10 Å². The van der Waals surface area contributed by atoms with Crippen LogP contribution in [0.15, 0.2) is 22.6 Å². The highest BCUT2D eigenvalue weighted by atomic mass is 16.5. The van der Waals surface area contributed by atoms with Gasteiger partial charge in [-0.05, 0) is 51.3 Å². The zero-order valence-corrected chi connectivity index (χ0v) is 17.5. The van der Waals surface area contributed by atoms with Crippen LogP contribution in [0, 0.1) is 13.8 Å². The van der Waals surface area contributed by atoms with Crippen LogP contribution in [0.4, 0.5) is 5.69 Å². The standard InChI is InChI=1S/C22H26N4O4/c1-13-22(14(2)26(3)25-13)24-20(27)11-23-21(28)12-29-15-8-9-19-17(10-15)16-6-4-5-7-18(16)30-19/h8-10H,4-7,11-12H2,1-3H3,(H,23,28)(H,24,27). The van der Waals surface area contributed by atoms with Gasteiger partial charge in [0.25, 0.3) is 5.91 Å². The minimum atomic E-state index is -0.362. The smallest absolute Gasteiger partial charge is 0.258 e. The minimum absolute atomic E-state index is 0.135. The molecular formula is C22H26N4O4. The van der Waals surface area contributed by atoms with Crippen molar-refractivity contribution >= 4 is 28.5 Å². The quantitative estimate of drug-likeness (QED) is 0.651. The van der Waals surface area contributed by atoms with E-state index in [1.807, 2.05) is 33.0 Å². The molecule has 158 valence electrons. The van der Waals surface area contributed by atoms with Crippen molar-refractivity contribution in [1.82, 2.24) is 15.1 Å². The Labute approximate surface area is 174 Å². The Balaban J connectivity index is 1.30. The molecule has 0 atom stereocenters. The van der Waals surface area contributed by atoms with E-state index in [-0.39, 0.29) is 25.0 Å². The number of furan rings is 1. The maximum Gasteiger partial charge on any atom is 0.258 e. The number of amides is 2. The van der Waals surface area contributed by atoms with Crippen LogP contribution in [0.3, 0.4) is 0 Å². The van der Waals surface area contributed by atoms with Crippen molar-refractivity contribution in [2.75, 3.05) is 18.5 Å². The molecule has 1 aliphatic rings. The molecule has 2 amide bonds. The molecule has 0 fully saturated rings. The fourth-order valence-electron chi connectivity index (χ4n) is 3.85. The van der Waals surface area contributed by atoms with E-state index in [0.717, 1.165) is 53.8 Å². The van der Waals surface area contributed by atoms with Gasteiger partial charge in [0.2, 0.25) is 5.91 Å². The highest BCUT2D eigenvalue weighted by Crippen LogP contribution is 2.33. The Morgan fingerprint density at radius 1 is 1.20 bits per heavy atom. The molecular weight excluding hydrogens is 384 g/mol. The summed E-state index contributed by atoms with van der Waals surface area (Å²) in [5, 5.41) is 10.7. The van der Waals surface area contributed by atoms with Crippen LogP contribution >= 0.6 is 0 Å². The number of anilines is 1. The van der Waals surface area contributed by atoms with E-state index in [2.05, 4.69) is 15.7 Å². The topological polar surface area (TPSA) is 98.4 Å². The number of hydrogen-bond donors (Lipinski definition) is 2. The Hall–Kier alpha value is -3.29. The molecule has 0 aliphatic heterocycles. The second-order valence-corrected chi connectivity index (χ2v) is 7.65. The molecule has 2 heterocycles. The van der Waals surface area contributed by atoms with Crippen molar-refractivity contribution in [1.29, 1.82) is 0 Å². The summed E-state index contributed by atoms with van der Waals surface area (Å²) in [4.78, 5) is 24.3. The number of nitrogens with zero attached hydrogens (tertiary/aromatic N) is 2. The minimum Gasteiger partial charge on any atom is -0.484 e. The van der Waals surface area contributed by atoms with Crippen LogP contribution in [0.5, 0.6) is 5.75 Å². The van der Waals surface area contributed by atoms with Gasteiger partial charge in [0, 0.05) is 24.4 Å². The molecule has 0 bridgehead atoms. The van der Waals surface area contributed by atoms with Crippen molar-refractivity contribution in [2.45, 2.75) is 39.5 Å². The fraction of sp³-hybridized carbons (Fsp3) is 0.409. The Kier molecular flexibility index (Phi) is 5.48. The molecule has 4 rings (SSSR count). The second-order valence-electron chi connectivity index (χ2n) is 7.65. The number of rotatable bonds is 6. The highest BCUT2D eigenvalue weighted by molar-refractivity contribution is 5.95. The van der Waals surface area contributed by atoms with Gasteiger partial charge in [-0.1, -0.05) is 0 Å². The molecule has 2 aromatic heterocycles. The van der Waals surface area contributed by atoms with Crippen molar-refractivity contribution in [3.8, 4) is 5.75 Å². The zero-order valence-electron chi connectivity index (χ0n) is 17.5. The third kappa shape index (κ3) is 4.03. The highest BCUT2D eigenvalue weighted by Gasteiger charge is 2.18. The van der Waals surface area contributed by atoms with E-state index in [9.17, 15) is 9.59 Å². The van der Waals surface area contributed by atoms with Crippen LogP contribution in [-0.2, 0) is 29.5 Å². The number of hydrogen-bond acceptors (Lipinski definition) is 5. The van der Waals surface area contributed by atoms with Gasteiger partial charge in [-0.3, -0.25) is 14.3 Å². The first-order chi connectivity index (χ1) is 14.4. The van der Waals surface area contributed by atoms with Gasteiger partial charge in [0.05, 0.1) is 23.6 Å². The number of aryl methyl sites for hydroxylation is 4. The predicted octanol–water partition coefficient (Wildman–Crippen LogP) is 2.80. The maximum absolute atomic E-state index is 12.1. The van der Waals surface area contributed by atoms with Gasteiger partial charge < -0.3 is 19.8 Å². The molecule has 0 saturated carbocycles. The first-order valence-corrected chi connectivity index (χ1v) is 10.2. The molecule has 2 N–H and O–H groups in total. The van der Waals surface area contributed by atoms with E-state index in [1.165, 1.54) is 5.56 Å². The van der Waals surface area contributed by atoms with Crippen molar-refractivity contribution in [3.05, 3.63) is 40.9 Å². The van der Waals surface area contributed by atoms with E-state index < -0.39 is 0 Å². The average Bonchev–Trinajstić information content (AvgIpc) is 3.22. The van der Waals surface area contributed by atoms with Crippen molar-refractivity contribution in [3.63, 3.8) is 0 Å². The van der Waals surface area contributed by atoms with E-state index >= 15 is 0 Å². The summed E-state index contributed by atoms with van der Waals surface area (Å²) >= 11 is 0. The SMILES string of the molecule is Cc1nn(C)c(C)c1NC(=O)CNC(=O)COc1ccc2oc3c(c2c1)CCCC3. The average molecular weight is 410 g/mol. The number of ether oxygens (including phenoxy) is 1.